The van der Waals surface area contributed by atoms with Crippen LogP contribution >= 0.6 is 15.9 Å². The average molecular weight is 451 g/mol. The summed E-state index contributed by atoms with van der Waals surface area (Å²) >= 11 is 3.43. The highest BCUT2D eigenvalue weighted by atomic mass is 79.9. The molecule has 0 radical (unpaired) electrons. The van der Waals surface area contributed by atoms with Crippen LogP contribution in [0.1, 0.15) is 5.56 Å². The number of aromatic amines is 1. The van der Waals surface area contributed by atoms with Crippen LogP contribution in [0, 0.1) is 0 Å². The van der Waals surface area contributed by atoms with Crippen LogP contribution in [0.3, 0.4) is 0 Å². The van der Waals surface area contributed by atoms with Gasteiger partial charge in [0.2, 0.25) is 5.78 Å². The van der Waals surface area contributed by atoms with Gasteiger partial charge in [0.05, 0.1) is 6.54 Å². The SMILES string of the molecule is Cn1c(=O)[nH]c(=O)c2c1n1c(-c3ccc(Br)cc3)nnc1n2Cc1ccccc1. The highest BCUT2D eigenvalue weighted by Gasteiger charge is 2.22. The lowest BCUT2D eigenvalue weighted by Gasteiger charge is -2.05. The second-order valence-corrected chi connectivity index (χ2v) is 7.64. The quantitative estimate of drug-likeness (QED) is 0.457. The van der Waals surface area contributed by atoms with Crippen LogP contribution in [0.5, 0.6) is 0 Å². The fourth-order valence-electron chi connectivity index (χ4n) is 3.54. The minimum absolute atomic E-state index is 0.374. The molecule has 144 valence electrons. The summed E-state index contributed by atoms with van der Waals surface area (Å²) in [6.45, 7) is 0.424. The predicted octanol–water partition coefficient (Wildman–Crippen LogP) is 2.55. The van der Waals surface area contributed by atoms with Crippen LogP contribution < -0.4 is 11.2 Å². The van der Waals surface area contributed by atoms with Crippen molar-refractivity contribution in [3.63, 3.8) is 0 Å². The number of imidazole rings is 1. The largest absolute Gasteiger partial charge is 0.329 e. The Labute approximate surface area is 172 Å². The smallest absolute Gasteiger partial charge is 0.298 e. The lowest BCUT2D eigenvalue weighted by atomic mass is 10.2. The van der Waals surface area contributed by atoms with Crippen LogP contribution in [0.25, 0.3) is 28.3 Å². The molecule has 0 bridgehead atoms. The minimum Gasteiger partial charge on any atom is -0.298 e. The summed E-state index contributed by atoms with van der Waals surface area (Å²) in [5.74, 6) is 1.05. The Morgan fingerprint density at radius 1 is 1.00 bits per heavy atom. The van der Waals surface area contributed by atoms with Crippen molar-refractivity contribution in [2.75, 3.05) is 0 Å². The maximum Gasteiger partial charge on any atom is 0.329 e. The monoisotopic (exact) mass is 450 g/mol. The van der Waals surface area contributed by atoms with Crippen LogP contribution in [0.15, 0.2) is 68.7 Å². The molecule has 0 atom stereocenters. The van der Waals surface area contributed by atoms with E-state index < -0.39 is 11.2 Å². The number of benzene rings is 2. The van der Waals surface area contributed by atoms with Crippen LogP contribution in [-0.2, 0) is 13.6 Å². The zero-order chi connectivity index (χ0) is 20.1. The summed E-state index contributed by atoms with van der Waals surface area (Å²) in [6.07, 6.45) is 0. The first-order valence-corrected chi connectivity index (χ1v) is 9.70. The molecule has 0 aliphatic heterocycles. The van der Waals surface area contributed by atoms with Gasteiger partial charge in [0.1, 0.15) is 0 Å². The Balaban J connectivity index is 1.89. The van der Waals surface area contributed by atoms with Crippen molar-refractivity contribution in [1.82, 2.24) is 28.7 Å². The highest BCUT2D eigenvalue weighted by Crippen LogP contribution is 2.26. The number of hydrogen-bond donors (Lipinski definition) is 1. The molecular weight excluding hydrogens is 436 g/mol. The first-order chi connectivity index (χ1) is 14.0. The Morgan fingerprint density at radius 3 is 2.45 bits per heavy atom. The lowest BCUT2D eigenvalue weighted by Crippen LogP contribution is -2.29. The van der Waals surface area contributed by atoms with Gasteiger partial charge in [0, 0.05) is 17.1 Å². The molecule has 0 aliphatic rings. The van der Waals surface area contributed by atoms with Crippen molar-refractivity contribution in [2.45, 2.75) is 6.54 Å². The van der Waals surface area contributed by atoms with E-state index in [9.17, 15) is 9.59 Å². The van der Waals surface area contributed by atoms with E-state index in [4.69, 9.17) is 0 Å². The van der Waals surface area contributed by atoms with Crippen LogP contribution in [0.2, 0.25) is 0 Å². The van der Waals surface area contributed by atoms with E-state index in [2.05, 4.69) is 31.1 Å². The fourth-order valence-corrected chi connectivity index (χ4v) is 3.81. The first kappa shape index (κ1) is 17.6. The Bertz CT molecular complexity index is 1480. The molecule has 0 unspecified atom stereocenters. The second kappa shape index (κ2) is 6.56. The van der Waals surface area contributed by atoms with Crippen LogP contribution in [-0.4, -0.2) is 28.7 Å². The third-order valence-electron chi connectivity index (χ3n) is 4.92. The number of nitrogens with zero attached hydrogens (tertiary/aromatic N) is 5. The number of rotatable bonds is 3. The molecule has 5 rings (SSSR count). The maximum atomic E-state index is 12.8. The van der Waals surface area contributed by atoms with Gasteiger partial charge in [-0.3, -0.25) is 18.9 Å². The highest BCUT2D eigenvalue weighted by molar-refractivity contribution is 9.10. The number of H-pyrrole nitrogens is 1. The van der Waals surface area contributed by atoms with Gasteiger partial charge in [0.15, 0.2) is 17.0 Å². The Hall–Kier alpha value is -3.46. The van der Waals surface area contributed by atoms with Crippen molar-refractivity contribution in [3.8, 4) is 11.4 Å². The zero-order valence-corrected chi connectivity index (χ0v) is 16.9. The molecule has 8 nitrogen and oxygen atoms in total. The number of halogens is 1. The van der Waals surface area contributed by atoms with Gasteiger partial charge in [-0.2, -0.15) is 0 Å². The van der Waals surface area contributed by atoms with Crippen molar-refractivity contribution < 1.29 is 0 Å². The van der Waals surface area contributed by atoms with E-state index in [0.717, 1.165) is 15.6 Å². The summed E-state index contributed by atoms with van der Waals surface area (Å²) < 4.78 is 5.91. The van der Waals surface area contributed by atoms with Crippen LogP contribution in [0.4, 0.5) is 0 Å². The normalized spacial score (nSPS) is 11.5. The van der Waals surface area contributed by atoms with Crippen molar-refractivity contribution in [3.05, 3.63) is 85.5 Å². The molecule has 2 aromatic carbocycles. The minimum atomic E-state index is -0.489. The van der Waals surface area contributed by atoms with E-state index in [1.807, 2.05) is 54.6 Å². The van der Waals surface area contributed by atoms with Gasteiger partial charge in [-0.25, -0.2) is 9.20 Å². The topological polar surface area (TPSA) is 90.0 Å². The van der Waals surface area contributed by atoms with Crippen molar-refractivity contribution in [1.29, 1.82) is 0 Å². The number of hydrogen-bond acceptors (Lipinski definition) is 4. The van der Waals surface area contributed by atoms with E-state index in [-0.39, 0.29) is 0 Å². The first-order valence-electron chi connectivity index (χ1n) is 8.91. The van der Waals surface area contributed by atoms with Gasteiger partial charge in [-0.05, 0) is 17.7 Å². The van der Waals surface area contributed by atoms with Gasteiger partial charge in [-0.15, -0.1) is 10.2 Å². The van der Waals surface area contributed by atoms with Gasteiger partial charge in [0.25, 0.3) is 5.56 Å². The summed E-state index contributed by atoms with van der Waals surface area (Å²) in [7, 11) is 1.62. The molecule has 0 aliphatic carbocycles. The Morgan fingerprint density at radius 2 is 1.72 bits per heavy atom. The molecule has 0 amide bonds. The number of aromatic nitrogens is 6. The van der Waals surface area contributed by atoms with Crippen molar-refractivity contribution in [2.24, 2.45) is 7.05 Å². The summed E-state index contributed by atoms with van der Waals surface area (Å²) in [6, 6.07) is 17.4. The molecule has 5 aromatic rings. The summed E-state index contributed by atoms with van der Waals surface area (Å²) in [4.78, 5) is 27.5. The van der Waals surface area contributed by atoms with Crippen molar-refractivity contribution >= 4 is 32.9 Å². The third-order valence-corrected chi connectivity index (χ3v) is 5.45. The molecule has 0 saturated heterocycles. The number of fused-ring (bicyclic) bond motifs is 3. The molecule has 9 heteroatoms. The van der Waals surface area contributed by atoms with E-state index in [1.54, 1.807) is 16.0 Å². The second-order valence-electron chi connectivity index (χ2n) is 6.73. The van der Waals surface area contributed by atoms with Gasteiger partial charge >= 0.3 is 5.69 Å². The summed E-state index contributed by atoms with van der Waals surface area (Å²) in [5.41, 5.74) is 1.72. The molecule has 3 heterocycles. The Kier molecular flexibility index (Phi) is 3.99. The molecule has 1 N–H and O–H groups in total. The third kappa shape index (κ3) is 2.73. The van der Waals surface area contributed by atoms with E-state index in [0.29, 0.717) is 29.3 Å². The molecular formula is C20H15BrN6O2. The average Bonchev–Trinajstić information content (AvgIpc) is 3.27. The molecule has 3 aromatic heterocycles. The zero-order valence-electron chi connectivity index (χ0n) is 15.3. The molecule has 29 heavy (non-hydrogen) atoms. The molecule has 0 saturated carbocycles. The van der Waals surface area contributed by atoms with Gasteiger partial charge < -0.3 is 0 Å². The number of aryl methyl sites for hydroxylation is 1. The number of nitrogens with one attached hydrogen (secondary N) is 1. The van der Waals surface area contributed by atoms with E-state index in [1.165, 1.54) is 4.57 Å². The van der Waals surface area contributed by atoms with E-state index >= 15 is 0 Å². The molecule has 0 spiro atoms. The fraction of sp³-hybridized carbons (Fsp3) is 0.100. The maximum absolute atomic E-state index is 12.8. The van der Waals surface area contributed by atoms with Gasteiger partial charge in [-0.1, -0.05) is 58.4 Å². The lowest BCUT2D eigenvalue weighted by molar-refractivity contribution is 0.809. The molecule has 0 fully saturated rings. The standard InChI is InChI=1S/C20H15BrN6O2/c1-25-18-15(17(28)22-20(25)29)26(11-12-5-3-2-4-6-12)19-24-23-16(27(18)19)13-7-9-14(21)10-8-13/h2-10H,11H2,1H3,(H,22,28,29). The predicted molar refractivity (Wildman–Crippen MR) is 113 cm³/mol. The summed E-state index contributed by atoms with van der Waals surface area (Å²) in [5, 5.41) is 8.72.